The number of rotatable bonds is 9. The molecule has 0 aliphatic rings. The van der Waals surface area contributed by atoms with Crippen LogP contribution in [0.15, 0.2) is 12.3 Å². The van der Waals surface area contributed by atoms with E-state index in [9.17, 15) is 0 Å². The Hall–Kier alpha value is -0.123. The summed E-state index contributed by atoms with van der Waals surface area (Å²) in [5.41, 5.74) is 2.43. The number of hydrogen-bond donors (Lipinski definition) is 0. The van der Waals surface area contributed by atoms with E-state index in [1.165, 1.54) is 0 Å². The average Bonchev–Trinajstić information content (AvgIpc) is 2.29. The summed E-state index contributed by atoms with van der Waals surface area (Å²) in [6, 6.07) is 0. The standard InChI is InChI=1S/C12H26O2Si/c1-6-10-13-15(9-4,12(5)8-3)14-11-7-2/h9,12H,4,6-8,10-11H2,1-3,5H3. The minimum Gasteiger partial charge on any atom is -0.391 e. The molecular formula is C12H26O2Si. The molecular weight excluding hydrogens is 204 g/mol. The van der Waals surface area contributed by atoms with E-state index in [-0.39, 0.29) is 0 Å². The van der Waals surface area contributed by atoms with E-state index in [1.807, 2.05) is 5.70 Å². The minimum absolute atomic E-state index is 0.480. The monoisotopic (exact) mass is 230 g/mol. The molecule has 3 heteroatoms. The van der Waals surface area contributed by atoms with Crippen LogP contribution in [-0.4, -0.2) is 21.8 Å². The van der Waals surface area contributed by atoms with Gasteiger partial charge in [0.15, 0.2) is 0 Å². The fraction of sp³-hybridized carbons (Fsp3) is 0.833. The Morgan fingerprint density at radius 1 is 1.13 bits per heavy atom. The molecule has 0 aliphatic carbocycles. The molecule has 0 saturated carbocycles. The van der Waals surface area contributed by atoms with Crippen molar-refractivity contribution in [3.05, 3.63) is 12.3 Å². The van der Waals surface area contributed by atoms with Gasteiger partial charge in [0.25, 0.3) is 0 Å². The lowest BCUT2D eigenvalue weighted by atomic mass is 10.4. The van der Waals surface area contributed by atoms with Crippen LogP contribution in [0.5, 0.6) is 0 Å². The van der Waals surface area contributed by atoms with Crippen molar-refractivity contribution in [2.24, 2.45) is 0 Å². The first kappa shape index (κ1) is 14.9. The SMILES string of the molecule is C=C[Si](OCCC)(OCCC)C(C)CC. The van der Waals surface area contributed by atoms with Gasteiger partial charge < -0.3 is 8.85 Å². The molecule has 1 unspecified atom stereocenters. The molecule has 2 nitrogen and oxygen atoms in total. The van der Waals surface area contributed by atoms with Crippen molar-refractivity contribution in [1.82, 2.24) is 0 Å². The second-order valence-corrected chi connectivity index (χ2v) is 7.35. The Morgan fingerprint density at radius 3 is 1.87 bits per heavy atom. The van der Waals surface area contributed by atoms with Gasteiger partial charge in [0.1, 0.15) is 0 Å². The molecule has 0 aliphatic heterocycles. The van der Waals surface area contributed by atoms with Crippen LogP contribution in [-0.2, 0) is 8.85 Å². The van der Waals surface area contributed by atoms with Gasteiger partial charge in [-0.05, 0) is 18.5 Å². The summed E-state index contributed by atoms with van der Waals surface area (Å²) in [5.74, 6) is 0. The van der Waals surface area contributed by atoms with E-state index < -0.39 is 8.56 Å². The van der Waals surface area contributed by atoms with Crippen LogP contribution in [0.4, 0.5) is 0 Å². The van der Waals surface area contributed by atoms with Crippen LogP contribution in [0.2, 0.25) is 5.54 Å². The molecule has 0 bridgehead atoms. The molecule has 0 aromatic carbocycles. The fourth-order valence-corrected chi connectivity index (χ4v) is 4.36. The number of hydrogen-bond acceptors (Lipinski definition) is 2. The average molecular weight is 230 g/mol. The van der Waals surface area contributed by atoms with Crippen molar-refractivity contribution in [3.63, 3.8) is 0 Å². The lowest BCUT2D eigenvalue weighted by molar-refractivity contribution is 0.169. The lowest BCUT2D eigenvalue weighted by Crippen LogP contribution is -2.44. The highest BCUT2D eigenvalue weighted by molar-refractivity contribution is 6.74. The molecule has 0 radical (unpaired) electrons. The topological polar surface area (TPSA) is 18.5 Å². The van der Waals surface area contributed by atoms with Gasteiger partial charge in [-0.25, -0.2) is 0 Å². The highest BCUT2D eigenvalue weighted by Gasteiger charge is 2.39. The predicted molar refractivity (Wildman–Crippen MR) is 68.2 cm³/mol. The smallest absolute Gasteiger partial charge is 0.367 e. The maximum atomic E-state index is 5.98. The molecule has 0 heterocycles. The van der Waals surface area contributed by atoms with E-state index >= 15 is 0 Å². The third-order valence-electron chi connectivity index (χ3n) is 2.65. The molecule has 0 spiro atoms. The highest BCUT2D eigenvalue weighted by atomic mass is 28.4. The van der Waals surface area contributed by atoms with E-state index in [1.54, 1.807) is 0 Å². The predicted octanol–water partition coefficient (Wildman–Crippen LogP) is 3.81. The van der Waals surface area contributed by atoms with E-state index in [0.29, 0.717) is 5.54 Å². The van der Waals surface area contributed by atoms with Crippen molar-refractivity contribution in [2.75, 3.05) is 13.2 Å². The molecule has 0 N–H and O–H groups in total. The minimum atomic E-state index is -2.15. The summed E-state index contributed by atoms with van der Waals surface area (Å²) in [6.07, 6.45) is 3.16. The van der Waals surface area contributed by atoms with Gasteiger partial charge in [-0.1, -0.05) is 34.1 Å². The van der Waals surface area contributed by atoms with Gasteiger partial charge in [-0.2, -0.15) is 0 Å². The first-order valence-corrected chi connectivity index (χ1v) is 8.05. The Labute approximate surface area is 95.9 Å². The van der Waals surface area contributed by atoms with Crippen molar-refractivity contribution in [1.29, 1.82) is 0 Å². The van der Waals surface area contributed by atoms with Gasteiger partial charge >= 0.3 is 8.56 Å². The Kier molecular flexibility index (Phi) is 8.01. The van der Waals surface area contributed by atoms with Crippen molar-refractivity contribution >= 4 is 8.56 Å². The summed E-state index contributed by atoms with van der Waals surface area (Å²) < 4.78 is 12.0. The summed E-state index contributed by atoms with van der Waals surface area (Å²) in [6.45, 7) is 14.1. The summed E-state index contributed by atoms with van der Waals surface area (Å²) in [7, 11) is -2.15. The third kappa shape index (κ3) is 4.49. The Balaban J connectivity index is 4.51. The zero-order chi connectivity index (χ0) is 11.7. The summed E-state index contributed by atoms with van der Waals surface area (Å²) in [5, 5.41) is 0. The van der Waals surface area contributed by atoms with Crippen molar-refractivity contribution < 1.29 is 8.85 Å². The molecule has 0 rings (SSSR count). The molecule has 0 fully saturated rings. The highest BCUT2D eigenvalue weighted by Crippen LogP contribution is 2.28. The van der Waals surface area contributed by atoms with Gasteiger partial charge in [0.2, 0.25) is 0 Å². The summed E-state index contributed by atoms with van der Waals surface area (Å²) in [4.78, 5) is 0. The molecule has 0 aromatic heterocycles. The van der Waals surface area contributed by atoms with Crippen molar-refractivity contribution in [2.45, 2.75) is 52.5 Å². The van der Waals surface area contributed by atoms with Gasteiger partial charge in [0.05, 0.1) is 0 Å². The van der Waals surface area contributed by atoms with E-state index in [4.69, 9.17) is 8.85 Å². The molecule has 0 amide bonds. The van der Waals surface area contributed by atoms with Crippen LogP contribution in [0.25, 0.3) is 0 Å². The van der Waals surface area contributed by atoms with E-state index in [0.717, 1.165) is 32.5 Å². The van der Waals surface area contributed by atoms with Crippen LogP contribution in [0, 0.1) is 0 Å². The van der Waals surface area contributed by atoms with Gasteiger partial charge in [0, 0.05) is 18.8 Å². The van der Waals surface area contributed by atoms with Crippen LogP contribution in [0.1, 0.15) is 47.0 Å². The molecule has 0 aromatic rings. The maximum absolute atomic E-state index is 5.98. The van der Waals surface area contributed by atoms with Crippen LogP contribution < -0.4 is 0 Å². The van der Waals surface area contributed by atoms with Gasteiger partial charge in [-0.3, -0.25) is 0 Å². The zero-order valence-corrected chi connectivity index (χ0v) is 11.7. The van der Waals surface area contributed by atoms with Gasteiger partial charge in [-0.15, -0.1) is 6.58 Å². The first-order valence-electron chi connectivity index (χ1n) is 6.08. The maximum Gasteiger partial charge on any atom is 0.367 e. The first-order chi connectivity index (χ1) is 7.16. The molecule has 0 saturated heterocycles. The third-order valence-corrected chi connectivity index (χ3v) is 6.31. The normalized spacial score (nSPS) is 13.9. The Morgan fingerprint density at radius 2 is 1.60 bits per heavy atom. The van der Waals surface area contributed by atoms with E-state index in [2.05, 4.69) is 34.3 Å². The largest absolute Gasteiger partial charge is 0.391 e. The molecule has 15 heavy (non-hydrogen) atoms. The van der Waals surface area contributed by atoms with Crippen LogP contribution in [0.3, 0.4) is 0 Å². The van der Waals surface area contributed by atoms with Crippen molar-refractivity contribution in [3.8, 4) is 0 Å². The zero-order valence-electron chi connectivity index (χ0n) is 10.7. The molecule has 90 valence electrons. The summed E-state index contributed by atoms with van der Waals surface area (Å²) >= 11 is 0. The second-order valence-electron chi connectivity index (χ2n) is 3.93. The second kappa shape index (κ2) is 8.08. The molecule has 1 atom stereocenters. The van der Waals surface area contributed by atoms with Crippen LogP contribution >= 0.6 is 0 Å². The fourth-order valence-electron chi connectivity index (χ4n) is 1.45. The Bertz CT molecular complexity index is 163. The quantitative estimate of drug-likeness (QED) is 0.561. The lowest BCUT2D eigenvalue weighted by Gasteiger charge is -2.32.